The zero-order valence-corrected chi connectivity index (χ0v) is 12.3. The van der Waals surface area contributed by atoms with E-state index in [0.717, 1.165) is 45.8 Å². The van der Waals surface area contributed by atoms with Gasteiger partial charge in [-0.15, -0.1) is 0 Å². The first-order valence-corrected chi connectivity index (χ1v) is 7.33. The van der Waals surface area contributed by atoms with E-state index in [4.69, 9.17) is 4.74 Å². The summed E-state index contributed by atoms with van der Waals surface area (Å²) in [5, 5.41) is 3.45. The first-order valence-electron chi connectivity index (χ1n) is 7.33. The molecular weight excluding hydrogens is 212 g/mol. The zero-order chi connectivity index (χ0) is 12.9. The van der Waals surface area contributed by atoms with Crippen molar-refractivity contribution in [1.29, 1.82) is 0 Å². The number of nitrogens with one attached hydrogen (secondary N) is 1. The third kappa shape index (κ3) is 9.57. The van der Waals surface area contributed by atoms with Crippen LogP contribution in [0.3, 0.4) is 0 Å². The summed E-state index contributed by atoms with van der Waals surface area (Å²) in [5.74, 6) is 0. The van der Waals surface area contributed by atoms with E-state index in [1.165, 1.54) is 12.8 Å². The van der Waals surface area contributed by atoms with Gasteiger partial charge >= 0.3 is 0 Å². The standard InChI is InChI=1S/C14H32N2O/c1-5-9-14(13-15-10-6-2)17-12-11-16(7-3)8-4/h14-15H,5-13H2,1-4H3. The van der Waals surface area contributed by atoms with Crippen LogP contribution in [0.2, 0.25) is 0 Å². The van der Waals surface area contributed by atoms with Crippen LogP contribution in [-0.2, 0) is 4.74 Å². The molecule has 3 nitrogen and oxygen atoms in total. The van der Waals surface area contributed by atoms with E-state index in [0.29, 0.717) is 6.10 Å². The molecule has 0 spiro atoms. The second kappa shape index (κ2) is 12.3. The molecule has 0 aliphatic heterocycles. The van der Waals surface area contributed by atoms with Crippen molar-refractivity contribution < 1.29 is 4.74 Å². The minimum Gasteiger partial charge on any atom is -0.376 e. The number of nitrogens with zero attached hydrogens (tertiary/aromatic N) is 1. The van der Waals surface area contributed by atoms with Crippen LogP contribution in [-0.4, -0.2) is 50.3 Å². The fourth-order valence-corrected chi connectivity index (χ4v) is 1.89. The molecule has 0 rings (SSSR count). The van der Waals surface area contributed by atoms with Gasteiger partial charge in [-0.3, -0.25) is 0 Å². The monoisotopic (exact) mass is 244 g/mol. The average molecular weight is 244 g/mol. The highest BCUT2D eigenvalue weighted by Gasteiger charge is 2.08. The fraction of sp³-hybridized carbons (Fsp3) is 1.00. The van der Waals surface area contributed by atoms with Crippen LogP contribution < -0.4 is 5.32 Å². The number of rotatable bonds is 12. The maximum Gasteiger partial charge on any atom is 0.0700 e. The highest BCUT2D eigenvalue weighted by atomic mass is 16.5. The lowest BCUT2D eigenvalue weighted by atomic mass is 10.2. The normalized spacial score (nSPS) is 13.2. The highest BCUT2D eigenvalue weighted by Crippen LogP contribution is 2.01. The first-order chi connectivity index (χ1) is 8.28. The Hall–Kier alpha value is -0.120. The van der Waals surface area contributed by atoms with E-state index in [9.17, 15) is 0 Å². The summed E-state index contributed by atoms with van der Waals surface area (Å²) in [6, 6.07) is 0. The van der Waals surface area contributed by atoms with Crippen molar-refractivity contribution in [2.75, 3.05) is 39.3 Å². The van der Waals surface area contributed by atoms with Crippen LogP contribution in [0.5, 0.6) is 0 Å². The van der Waals surface area contributed by atoms with E-state index in [1.54, 1.807) is 0 Å². The molecule has 0 aromatic rings. The van der Waals surface area contributed by atoms with Crippen molar-refractivity contribution in [3.63, 3.8) is 0 Å². The summed E-state index contributed by atoms with van der Waals surface area (Å²) < 4.78 is 5.96. The maximum atomic E-state index is 5.96. The molecule has 0 saturated carbocycles. The van der Waals surface area contributed by atoms with Crippen molar-refractivity contribution >= 4 is 0 Å². The smallest absolute Gasteiger partial charge is 0.0700 e. The summed E-state index contributed by atoms with van der Waals surface area (Å²) in [5.41, 5.74) is 0. The summed E-state index contributed by atoms with van der Waals surface area (Å²) in [7, 11) is 0. The molecule has 0 fully saturated rings. The molecule has 1 atom stereocenters. The van der Waals surface area contributed by atoms with Crippen molar-refractivity contribution in [2.24, 2.45) is 0 Å². The quantitative estimate of drug-likeness (QED) is 0.534. The third-order valence-electron chi connectivity index (χ3n) is 3.06. The number of hydrogen-bond acceptors (Lipinski definition) is 3. The van der Waals surface area contributed by atoms with E-state index in [1.807, 2.05) is 0 Å². The maximum absolute atomic E-state index is 5.96. The predicted octanol–water partition coefficient (Wildman–Crippen LogP) is 2.51. The lowest BCUT2D eigenvalue weighted by Crippen LogP contribution is -2.33. The molecule has 104 valence electrons. The lowest BCUT2D eigenvalue weighted by molar-refractivity contribution is 0.0338. The summed E-state index contributed by atoms with van der Waals surface area (Å²) in [6.45, 7) is 15.1. The number of likely N-dealkylation sites (N-methyl/N-ethyl adjacent to an activating group) is 1. The van der Waals surface area contributed by atoms with Crippen LogP contribution in [0.25, 0.3) is 0 Å². The molecule has 17 heavy (non-hydrogen) atoms. The van der Waals surface area contributed by atoms with Crippen molar-refractivity contribution in [3.8, 4) is 0 Å². The van der Waals surface area contributed by atoms with E-state index >= 15 is 0 Å². The predicted molar refractivity (Wildman–Crippen MR) is 75.6 cm³/mol. The van der Waals surface area contributed by atoms with Gasteiger partial charge < -0.3 is 15.0 Å². The Balaban J connectivity index is 3.67. The van der Waals surface area contributed by atoms with Gasteiger partial charge in [-0.2, -0.15) is 0 Å². The SMILES string of the molecule is CCCNCC(CCC)OCCN(CC)CC. The molecule has 0 aliphatic carbocycles. The van der Waals surface area contributed by atoms with Gasteiger partial charge in [-0.25, -0.2) is 0 Å². The second-order valence-corrected chi connectivity index (χ2v) is 4.51. The minimum absolute atomic E-state index is 0.391. The van der Waals surface area contributed by atoms with Gasteiger partial charge in [0.05, 0.1) is 12.7 Å². The molecule has 1 unspecified atom stereocenters. The molecular formula is C14H32N2O. The van der Waals surface area contributed by atoms with Crippen LogP contribution >= 0.6 is 0 Å². The van der Waals surface area contributed by atoms with Crippen LogP contribution in [0.4, 0.5) is 0 Å². The van der Waals surface area contributed by atoms with Gasteiger partial charge in [0.1, 0.15) is 0 Å². The van der Waals surface area contributed by atoms with Crippen LogP contribution in [0.1, 0.15) is 47.0 Å². The Morgan fingerprint density at radius 3 is 2.29 bits per heavy atom. The molecule has 0 saturated heterocycles. The molecule has 0 aliphatic rings. The van der Waals surface area contributed by atoms with Gasteiger partial charge in [0, 0.05) is 13.1 Å². The zero-order valence-electron chi connectivity index (χ0n) is 12.3. The Kier molecular flexibility index (Phi) is 12.3. The van der Waals surface area contributed by atoms with Crippen LogP contribution in [0.15, 0.2) is 0 Å². The van der Waals surface area contributed by atoms with Crippen molar-refractivity contribution in [1.82, 2.24) is 10.2 Å². The van der Waals surface area contributed by atoms with E-state index in [-0.39, 0.29) is 0 Å². The van der Waals surface area contributed by atoms with Crippen LogP contribution in [0, 0.1) is 0 Å². The highest BCUT2D eigenvalue weighted by molar-refractivity contribution is 4.62. The van der Waals surface area contributed by atoms with Gasteiger partial charge in [0.15, 0.2) is 0 Å². The minimum atomic E-state index is 0.391. The number of hydrogen-bond donors (Lipinski definition) is 1. The second-order valence-electron chi connectivity index (χ2n) is 4.51. The fourth-order valence-electron chi connectivity index (χ4n) is 1.89. The van der Waals surface area contributed by atoms with Gasteiger partial charge in [0.25, 0.3) is 0 Å². The van der Waals surface area contributed by atoms with Gasteiger partial charge in [-0.1, -0.05) is 34.1 Å². The van der Waals surface area contributed by atoms with Crippen molar-refractivity contribution in [2.45, 2.75) is 53.1 Å². The van der Waals surface area contributed by atoms with E-state index in [2.05, 4.69) is 37.9 Å². The molecule has 0 aromatic carbocycles. The molecule has 0 aromatic heterocycles. The Labute approximate surface area is 108 Å². The van der Waals surface area contributed by atoms with Gasteiger partial charge in [0.2, 0.25) is 0 Å². The molecule has 0 bridgehead atoms. The lowest BCUT2D eigenvalue weighted by Gasteiger charge is -2.22. The number of ether oxygens (including phenoxy) is 1. The first kappa shape index (κ1) is 16.9. The molecule has 0 amide bonds. The molecule has 1 N–H and O–H groups in total. The summed E-state index contributed by atoms with van der Waals surface area (Å²) in [4.78, 5) is 2.41. The Morgan fingerprint density at radius 2 is 1.76 bits per heavy atom. The molecule has 0 radical (unpaired) electrons. The largest absolute Gasteiger partial charge is 0.376 e. The Bertz CT molecular complexity index is 149. The van der Waals surface area contributed by atoms with E-state index < -0.39 is 0 Å². The average Bonchev–Trinajstić information content (AvgIpc) is 2.35. The topological polar surface area (TPSA) is 24.5 Å². The molecule has 3 heteroatoms. The van der Waals surface area contributed by atoms with Gasteiger partial charge in [-0.05, 0) is 32.5 Å². The third-order valence-corrected chi connectivity index (χ3v) is 3.06. The Morgan fingerprint density at radius 1 is 1.06 bits per heavy atom. The van der Waals surface area contributed by atoms with Crippen molar-refractivity contribution in [3.05, 3.63) is 0 Å². The summed E-state index contributed by atoms with van der Waals surface area (Å²) in [6.07, 6.45) is 3.94. The summed E-state index contributed by atoms with van der Waals surface area (Å²) >= 11 is 0. The molecule has 0 heterocycles.